The molecule has 0 aliphatic heterocycles. The lowest BCUT2D eigenvalue weighted by atomic mass is 9.91. The van der Waals surface area contributed by atoms with Gasteiger partial charge in [0, 0.05) is 22.5 Å². The molecule has 1 atom stereocenters. The molecule has 3 aromatic carbocycles. The monoisotopic (exact) mass is 385 g/mol. The Bertz CT molecular complexity index is 1210. The molecule has 4 heteroatoms. The van der Waals surface area contributed by atoms with Gasteiger partial charge in [-0.1, -0.05) is 30.3 Å². The van der Waals surface area contributed by atoms with E-state index < -0.39 is 6.10 Å². The predicted octanol–water partition coefficient (Wildman–Crippen LogP) is 5.87. The number of nitrogens with one attached hydrogen (secondary N) is 1. The summed E-state index contributed by atoms with van der Waals surface area (Å²) in [5, 5.41) is 5.07. The van der Waals surface area contributed by atoms with Crippen molar-refractivity contribution in [3.05, 3.63) is 71.8 Å². The summed E-state index contributed by atoms with van der Waals surface area (Å²) < 4.78 is 12.0. The van der Waals surface area contributed by atoms with Crippen LogP contribution in [-0.4, -0.2) is 12.0 Å². The van der Waals surface area contributed by atoms with Gasteiger partial charge in [0.1, 0.15) is 16.9 Å². The lowest BCUT2D eigenvalue weighted by Crippen LogP contribution is -2.30. The van der Waals surface area contributed by atoms with Crippen molar-refractivity contribution in [2.24, 2.45) is 0 Å². The first-order valence-corrected chi connectivity index (χ1v) is 10.2. The molecular formula is C25H23NO3. The van der Waals surface area contributed by atoms with Crippen molar-refractivity contribution in [2.45, 2.75) is 38.7 Å². The van der Waals surface area contributed by atoms with Crippen molar-refractivity contribution < 1.29 is 13.9 Å². The number of rotatable bonds is 4. The molecule has 1 amide bonds. The molecule has 0 bridgehead atoms. The van der Waals surface area contributed by atoms with Gasteiger partial charge < -0.3 is 14.5 Å². The molecular weight excluding hydrogens is 362 g/mol. The maximum Gasteiger partial charge on any atom is 0.265 e. The fourth-order valence-electron chi connectivity index (χ4n) is 4.15. The van der Waals surface area contributed by atoms with Gasteiger partial charge in [0.05, 0.1) is 0 Å². The van der Waals surface area contributed by atoms with Crippen LogP contribution in [-0.2, 0) is 17.6 Å². The largest absolute Gasteiger partial charge is 0.481 e. The molecule has 1 aliphatic rings. The second-order valence-electron chi connectivity index (χ2n) is 7.66. The number of hydrogen-bond donors (Lipinski definition) is 1. The average Bonchev–Trinajstić information content (AvgIpc) is 3.11. The Kier molecular flexibility index (Phi) is 4.47. The second kappa shape index (κ2) is 7.28. The van der Waals surface area contributed by atoms with Crippen LogP contribution >= 0.6 is 0 Å². The highest BCUT2D eigenvalue weighted by molar-refractivity contribution is 6.06. The van der Waals surface area contributed by atoms with Crippen molar-refractivity contribution >= 4 is 33.5 Å². The van der Waals surface area contributed by atoms with Gasteiger partial charge in [-0.05, 0) is 68.0 Å². The Labute approximate surface area is 169 Å². The zero-order chi connectivity index (χ0) is 19.8. The van der Waals surface area contributed by atoms with Crippen LogP contribution in [0.2, 0.25) is 0 Å². The van der Waals surface area contributed by atoms with Gasteiger partial charge in [0.15, 0.2) is 6.10 Å². The Balaban J connectivity index is 1.34. The first-order valence-electron chi connectivity index (χ1n) is 10.2. The van der Waals surface area contributed by atoms with E-state index in [1.807, 2.05) is 54.6 Å². The van der Waals surface area contributed by atoms with Gasteiger partial charge >= 0.3 is 0 Å². The number of aryl methyl sites for hydroxylation is 1. The van der Waals surface area contributed by atoms with Gasteiger partial charge in [-0.3, -0.25) is 4.79 Å². The topological polar surface area (TPSA) is 51.5 Å². The van der Waals surface area contributed by atoms with Crippen LogP contribution in [0.4, 0.5) is 5.69 Å². The van der Waals surface area contributed by atoms with Crippen LogP contribution in [0.15, 0.2) is 65.1 Å². The highest BCUT2D eigenvalue weighted by Gasteiger charge is 2.20. The summed E-state index contributed by atoms with van der Waals surface area (Å²) in [6, 6.07) is 19.8. The van der Waals surface area contributed by atoms with Crippen molar-refractivity contribution in [3.8, 4) is 5.75 Å². The third-order valence-electron chi connectivity index (χ3n) is 5.67. The molecule has 1 N–H and O–H groups in total. The molecule has 5 rings (SSSR count). The Morgan fingerprint density at radius 1 is 0.966 bits per heavy atom. The fraction of sp³-hybridized carbons (Fsp3) is 0.240. The normalized spacial score (nSPS) is 14.5. The zero-order valence-corrected chi connectivity index (χ0v) is 16.4. The zero-order valence-electron chi connectivity index (χ0n) is 16.4. The molecule has 4 nitrogen and oxygen atoms in total. The van der Waals surface area contributed by atoms with E-state index in [0.29, 0.717) is 5.69 Å². The molecule has 0 fully saturated rings. The minimum absolute atomic E-state index is 0.172. The SMILES string of the molecule is CC(Oc1cccc2c1CCCC2)C(=O)Nc1ccc2c(c1)oc1ccccc12. The van der Waals surface area contributed by atoms with Crippen LogP contribution in [0.3, 0.4) is 0 Å². The molecule has 1 aliphatic carbocycles. The third kappa shape index (κ3) is 3.35. The number of benzene rings is 3. The van der Waals surface area contributed by atoms with E-state index in [4.69, 9.17) is 9.15 Å². The van der Waals surface area contributed by atoms with Gasteiger partial charge in [-0.15, -0.1) is 0 Å². The molecule has 4 aromatic rings. The Morgan fingerprint density at radius 2 is 1.79 bits per heavy atom. The summed E-state index contributed by atoms with van der Waals surface area (Å²) >= 11 is 0. The maximum absolute atomic E-state index is 12.7. The number of carbonyl (C=O) groups is 1. The number of hydrogen-bond acceptors (Lipinski definition) is 3. The van der Waals surface area contributed by atoms with Crippen LogP contribution in [0, 0.1) is 0 Å². The standard InChI is InChI=1S/C25H23NO3/c1-16(28-22-12-6-8-17-7-2-3-9-19(17)22)25(27)26-18-13-14-21-20-10-4-5-11-23(20)29-24(21)15-18/h4-6,8,10-16H,2-3,7,9H2,1H3,(H,26,27). The number of carbonyl (C=O) groups excluding carboxylic acids is 1. The smallest absolute Gasteiger partial charge is 0.265 e. The fourth-order valence-corrected chi connectivity index (χ4v) is 4.15. The summed E-state index contributed by atoms with van der Waals surface area (Å²) in [7, 11) is 0. The number of para-hydroxylation sites is 1. The number of ether oxygens (including phenoxy) is 1. The average molecular weight is 385 g/mol. The predicted molar refractivity (Wildman–Crippen MR) is 116 cm³/mol. The lowest BCUT2D eigenvalue weighted by Gasteiger charge is -2.22. The van der Waals surface area contributed by atoms with Gasteiger partial charge in [0.25, 0.3) is 5.91 Å². The molecule has 1 unspecified atom stereocenters. The molecule has 0 saturated carbocycles. The quantitative estimate of drug-likeness (QED) is 0.478. The summed E-state index contributed by atoms with van der Waals surface area (Å²) in [6.07, 6.45) is 3.91. The molecule has 0 radical (unpaired) electrons. The molecule has 29 heavy (non-hydrogen) atoms. The summed E-state index contributed by atoms with van der Waals surface area (Å²) in [5.41, 5.74) is 4.90. The number of anilines is 1. The number of amides is 1. The second-order valence-corrected chi connectivity index (χ2v) is 7.66. The Morgan fingerprint density at radius 3 is 2.72 bits per heavy atom. The Hall–Kier alpha value is -3.27. The minimum Gasteiger partial charge on any atom is -0.481 e. The van der Waals surface area contributed by atoms with Crippen LogP contribution in [0.5, 0.6) is 5.75 Å². The number of fused-ring (bicyclic) bond motifs is 4. The third-order valence-corrected chi connectivity index (χ3v) is 5.67. The lowest BCUT2D eigenvalue weighted by molar-refractivity contribution is -0.122. The summed E-state index contributed by atoms with van der Waals surface area (Å²) in [6.45, 7) is 1.79. The van der Waals surface area contributed by atoms with E-state index in [2.05, 4.69) is 11.4 Å². The molecule has 146 valence electrons. The maximum atomic E-state index is 12.7. The van der Waals surface area contributed by atoms with E-state index in [0.717, 1.165) is 40.5 Å². The van der Waals surface area contributed by atoms with Gasteiger partial charge in [-0.25, -0.2) is 0 Å². The van der Waals surface area contributed by atoms with E-state index in [-0.39, 0.29) is 5.91 Å². The molecule has 0 saturated heterocycles. The highest BCUT2D eigenvalue weighted by Crippen LogP contribution is 2.32. The summed E-state index contributed by atoms with van der Waals surface area (Å²) in [5.74, 6) is 0.659. The molecule has 1 aromatic heterocycles. The minimum atomic E-state index is -0.588. The van der Waals surface area contributed by atoms with E-state index >= 15 is 0 Å². The van der Waals surface area contributed by atoms with Crippen LogP contribution in [0.25, 0.3) is 21.9 Å². The molecule has 0 spiro atoms. The van der Waals surface area contributed by atoms with E-state index in [9.17, 15) is 4.79 Å². The van der Waals surface area contributed by atoms with Crippen molar-refractivity contribution in [1.82, 2.24) is 0 Å². The first kappa shape index (κ1) is 17.8. The van der Waals surface area contributed by atoms with Crippen molar-refractivity contribution in [3.63, 3.8) is 0 Å². The van der Waals surface area contributed by atoms with Gasteiger partial charge in [0.2, 0.25) is 0 Å². The summed E-state index contributed by atoms with van der Waals surface area (Å²) in [4.78, 5) is 12.7. The van der Waals surface area contributed by atoms with Crippen molar-refractivity contribution in [2.75, 3.05) is 5.32 Å². The van der Waals surface area contributed by atoms with Crippen LogP contribution in [0.1, 0.15) is 30.9 Å². The van der Waals surface area contributed by atoms with E-state index in [1.54, 1.807) is 6.92 Å². The van der Waals surface area contributed by atoms with Crippen molar-refractivity contribution in [1.29, 1.82) is 0 Å². The number of furan rings is 1. The highest BCUT2D eigenvalue weighted by atomic mass is 16.5. The van der Waals surface area contributed by atoms with Gasteiger partial charge in [-0.2, -0.15) is 0 Å². The van der Waals surface area contributed by atoms with E-state index in [1.165, 1.54) is 24.0 Å². The first-order chi connectivity index (χ1) is 14.2. The van der Waals surface area contributed by atoms with Crippen LogP contribution < -0.4 is 10.1 Å². The molecule has 1 heterocycles.